The molecule has 9 nitrogen and oxygen atoms in total. The fourth-order valence-electron chi connectivity index (χ4n) is 3.88. The van der Waals surface area contributed by atoms with E-state index in [4.69, 9.17) is 10.2 Å². The molecule has 0 aliphatic heterocycles. The molecule has 4 aromatic rings. The monoisotopic (exact) mass is 528 g/mol. The lowest BCUT2D eigenvalue weighted by Crippen LogP contribution is -2.19. The summed E-state index contributed by atoms with van der Waals surface area (Å²) in [5.74, 6) is -0.752. The molecule has 0 fully saturated rings. The van der Waals surface area contributed by atoms with Crippen LogP contribution in [-0.2, 0) is 19.7 Å². The van der Waals surface area contributed by atoms with Crippen LogP contribution in [0.2, 0.25) is 0 Å². The molecule has 0 saturated heterocycles. The maximum Gasteiger partial charge on any atom is 0.323 e. The number of aliphatic hydroxyl groups is 2. The summed E-state index contributed by atoms with van der Waals surface area (Å²) in [5.41, 5.74) is 0.933. The first kappa shape index (κ1) is 25.6. The van der Waals surface area contributed by atoms with Crippen molar-refractivity contribution in [3.05, 3.63) is 72.8 Å². The van der Waals surface area contributed by atoms with E-state index in [2.05, 4.69) is 10.6 Å². The van der Waals surface area contributed by atoms with Crippen molar-refractivity contribution >= 4 is 58.6 Å². The summed E-state index contributed by atoms with van der Waals surface area (Å²) >= 11 is 0. The highest BCUT2D eigenvalue weighted by molar-refractivity contribution is 7.91. The molecular formula is C25H24N2O7S2. The van der Waals surface area contributed by atoms with Crippen LogP contribution >= 0.6 is 0 Å². The summed E-state index contributed by atoms with van der Waals surface area (Å²) in [6, 6.07) is 18.7. The van der Waals surface area contributed by atoms with Gasteiger partial charge in [-0.15, -0.1) is 0 Å². The number of hydrogen-bond donors (Lipinski definition) is 4. The standard InChI is InChI=1S/C25H24N2O7S2/c28-11-13-35(31,32)19-7-9-21-17(15-19)3-1-5-23(21)26-25(30)27-24-6-2-4-18-16-20(8-10-22(18)24)36(33,34)14-12-29/h1-10,15-16,28-29H,11-14H2,(H2,26,27,30). The summed E-state index contributed by atoms with van der Waals surface area (Å²) in [7, 11) is -7.23. The van der Waals surface area contributed by atoms with E-state index in [1.165, 1.54) is 24.3 Å². The molecule has 4 aromatic carbocycles. The molecule has 2 amide bonds. The van der Waals surface area contributed by atoms with E-state index in [1.807, 2.05) is 0 Å². The maximum absolute atomic E-state index is 12.8. The normalized spacial score (nSPS) is 12.1. The lowest BCUT2D eigenvalue weighted by Gasteiger charge is -2.13. The first-order valence-electron chi connectivity index (χ1n) is 11.0. The number of anilines is 2. The van der Waals surface area contributed by atoms with E-state index in [1.54, 1.807) is 48.5 Å². The quantitative estimate of drug-likeness (QED) is 0.274. The number of nitrogens with one attached hydrogen (secondary N) is 2. The third kappa shape index (κ3) is 5.34. The van der Waals surface area contributed by atoms with E-state index >= 15 is 0 Å². The Morgan fingerprint density at radius 2 is 1.06 bits per heavy atom. The number of fused-ring (bicyclic) bond motifs is 2. The average molecular weight is 529 g/mol. The van der Waals surface area contributed by atoms with Gasteiger partial charge in [0.2, 0.25) is 0 Å². The van der Waals surface area contributed by atoms with Gasteiger partial charge in [-0.3, -0.25) is 0 Å². The molecule has 0 radical (unpaired) electrons. The Morgan fingerprint density at radius 1 is 0.639 bits per heavy atom. The zero-order valence-electron chi connectivity index (χ0n) is 19.0. The van der Waals surface area contributed by atoms with Crippen molar-refractivity contribution in [1.29, 1.82) is 0 Å². The minimum atomic E-state index is -3.61. The summed E-state index contributed by atoms with van der Waals surface area (Å²) in [6.07, 6.45) is 0. The maximum atomic E-state index is 12.8. The number of benzene rings is 4. The highest BCUT2D eigenvalue weighted by atomic mass is 32.2. The third-order valence-electron chi connectivity index (χ3n) is 5.64. The van der Waals surface area contributed by atoms with Gasteiger partial charge in [0.15, 0.2) is 19.7 Å². The summed E-state index contributed by atoms with van der Waals surface area (Å²) in [5, 5.41) is 26.0. The van der Waals surface area contributed by atoms with Crippen LogP contribution < -0.4 is 10.6 Å². The van der Waals surface area contributed by atoms with Gasteiger partial charge in [0.25, 0.3) is 0 Å². The second-order valence-corrected chi connectivity index (χ2v) is 12.3. The van der Waals surface area contributed by atoms with Gasteiger partial charge in [0, 0.05) is 10.8 Å². The van der Waals surface area contributed by atoms with Crippen molar-refractivity contribution < 1.29 is 31.8 Å². The van der Waals surface area contributed by atoms with Crippen LogP contribution in [0, 0.1) is 0 Å². The Bertz CT molecular complexity index is 1540. The zero-order valence-corrected chi connectivity index (χ0v) is 20.6. The number of hydrogen-bond acceptors (Lipinski definition) is 7. The zero-order chi connectivity index (χ0) is 25.9. The molecule has 4 rings (SSSR count). The number of carbonyl (C=O) groups excluding carboxylic acids is 1. The Labute approximate surface area is 208 Å². The molecule has 0 unspecified atom stereocenters. The fourth-order valence-corrected chi connectivity index (χ4v) is 6.00. The van der Waals surface area contributed by atoms with E-state index in [9.17, 15) is 21.6 Å². The minimum absolute atomic E-state index is 0.0850. The first-order valence-corrected chi connectivity index (χ1v) is 14.3. The minimum Gasteiger partial charge on any atom is -0.395 e. The molecule has 4 N–H and O–H groups in total. The lowest BCUT2D eigenvalue weighted by atomic mass is 10.1. The van der Waals surface area contributed by atoms with Crippen molar-refractivity contribution in [2.45, 2.75) is 9.79 Å². The highest BCUT2D eigenvalue weighted by Crippen LogP contribution is 2.29. The molecule has 188 valence electrons. The van der Waals surface area contributed by atoms with E-state index in [0.29, 0.717) is 32.9 Å². The predicted octanol–water partition coefficient (Wildman–Crippen LogP) is 3.17. The van der Waals surface area contributed by atoms with Crippen LogP contribution in [0.3, 0.4) is 0 Å². The van der Waals surface area contributed by atoms with E-state index in [-0.39, 0.29) is 21.3 Å². The second kappa shape index (κ2) is 10.2. The summed E-state index contributed by atoms with van der Waals surface area (Å²) < 4.78 is 49.1. The second-order valence-electron chi connectivity index (χ2n) is 8.04. The predicted molar refractivity (Wildman–Crippen MR) is 139 cm³/mol. The van der Waals surface area contributed by atoms with Gasteiger partial charge in [-0.2, -0.15) is 0 Å². The summed E-state index contributed by atoms with van der Waals surface area (Å²) in [6.45, 7) is -0.952. The highest BCUT2D eigenvalue weighted by Gasteiger charge is 2.17. The molecule has 0 spiro atoms. The molecule has 0 saturated carbocycles. The van der Waals surface area contributed by atoms with Gasteiger partial charge in [-0.1, -0.05) is 36.4 Å². The Hall–Kier alpha value is -3.51. The largest absolute Gasteiger partial charge is 0.395 e. The van der Waals surface area contributed by atoms with Gasteiger partial charge < -0.3 is 20.8 Å². The number of carbonyl (C=O) groups is 1. The van der Waals surface area contributed by atoms with E-state index < -0.39 is 38.9 Å². The molecule has 0 heterocycles. The lowest BCUT2D eigenvalue weighted by molar-refractivity contribution is 0.262. The molecule has 0 aromatic heterocycles. The van der Waals surface area contributed by atoms with Gasteiger partial charge in [0.05, 0.1) is 45.9 Å². The fraction of sp³-hybridized carbons (Fsp3) is 0.160. The number of amides is 2. The van der Waals surface area contributed by atoms with Crippen LogP contribution in [0.4, 0.5) is 16.2 Å². The average Bonchev–Trinajstić information content (AvgIpc) is 2.83. The van der Waals surface area contributed by atoms with Gasteiger partial charge >= 0.3 is 6.03 Å². The smallest absolute Gasteiger partial charge is 0.323 e. The molecule has 11 heteroatoms. The SMILES string of the molecule is O=C(Nc1cccc2cc(S(=O)(=O)CCO)ccc12)Nc1cccc2cc(S(=O)(=O)CCO)ccc12. The van der Waals surface area contributed by atoms with Gasteiger partial charge in [-0.05, 0) is 47.2 Å². The van der Waals surface area contributed by atoms with Crippen LogP contribution in [0.1, 0.15) is 0 Å². The molecular weight excluding hydrogens is 504 g/mol. The van der Waals surface area contributed by atoms with E-state index in [0.717, 1.165) is 0 Å². The molecule has 36 heavy (non-hydrogen) atoms. The van der Waals surface area contributed by atoms with Crippen LogP contribution in [0.5, 0.6) is 0 Å². The van der Waals surface area contributed by atoms with Crippen molar-refractivity contribution in [2.75, 3.05) is 35.4 Å². The Kier molecular flexibility index (Phi) is 7.27. The van der Waals surface area contributed by atoms with Crippen LogP contribution in [-0.4, -0.2) is 57.8 Å². The topological polar surface area (TPSA) is 150 Å². The van der Waals surface area contributed by atoms with Crippen LogP contribution in [0.25, 0.3) is 21.5 Å². The molecule has 0 atom stereocenters. The van der Waals surface area contributed by atoms with Crippen molar-refractivity contribution in [3.8, 4) is 0 Å². The number of sulfone groups is 2. The van der Waals surface area contributed by atoms with Gasteiger partial charge in [-0.25, -0.2) is 21.6 Å². The Balaban J connectivity index is 1.59. The third-order valence-corrected chi connectivity index (χ3v) is 9.02. The first-order chi connectivity index (χ1) is 17.1. The van der Waals surface area contributed by atoms with Crippen molar-refractivity contribution in [2.24, 2.45) is 0 Å². The molecule has 0 aliphatic carbocycles. The molecule has 0 aliphatic rings. The number of urea groups is 1. The van der Waals surface area contributed by atoms with Crippen molar-refractivity contribution in [3.63, 3.8) is 0 Å². The molecule has 0 bridgehead atoms. The number of aliphatic hydroxyl groups excluding tert-OH is 2. The van der Waals surface area contributed by atoms with Crippen molar-refractivity contribution in [1.82, 2.24) is 0 Å². The van der Waals surface area contributed by atoms with Crippen LogP contribution in [0.15, 0.2) is 82.6 Å². The number of rotatable bonds is 8. The van der Waals surface area contributed by atoms with Gasteiger partial charge in [0.1, 0.15) is 0 Å². The summed E-state index contributed by atoms with van der Waals surface area (Å²) in [4.78, 5) is 13.0. The Morgan fingerprint density at radius 3 is 1.44 bits per heavy atom.